The first-order valence-corrected chi connectivity index (χ1v) is 8.37. The maximum atomic E-state index is 11.7. The number of carbonyl (C=O) groups is 1. The first-order chi connectivity index (χ1) is 10.7. The van der Waals surface area contributed by atoms with Crippen molar-refractivity contribution >= 4 is 18.6 Å². The van der Waals surface area contributed by atoms with Crippen LogP contribution in [-0.4, -0.2) is 30.9 Å². The zero-order valence-electron chi connectivity index (χ0n) is 14.6. The third kappa shape index (κ3) is 3.04. The maximum absolute atomic E-state index is 11.7. The Balaban J connectivity index is 1.67. The van der Waals surface area contributed by atoms with E-state index in [1.807, 2.05) is 19.1 Å². The molecule has 0 radical (unpaired) electrons. The summed E-state index contributed by atoms with van der Waals surface area (Å²) in [5, 5.41) is 0. The molecule has 2 atom stereocenters. The largest absolute Gasteiger partial charge is 0.494 e. The standard InChI is InChI=1S/C18H25BO4/c1-6-21-16(20)15-11-14(15)12-7-9-13(10-8-12)19-22-17(2,3)18(4,5)23-19/h7-10,14-15H,6,11H2,1-5H3/t14-,15+/m0/s1. The second-order valence-electron chi connectivity index (χ2n) is 7.46. The Bertz CT molecular complexity index is 578. The minimum Gasteiger partial charge on any atom is -0.466 e. The van der Waals surface area contributed by atoms with Crippen LogP contribution in [0.1, 0.15) is 52.5 Å². The SMILES string of the molecule is CCOC(=O)[C@@H]1C[C@H]1c1ccc(B2OC(C)(C)C(C)(C)O2)cc1. The average Bonchev–Trinajstić information content (AvgIpc) is 3.23. The van der Waals surface area contributed by atoms with Gasteiger partial charge >= 0.3 is 13.1 Å². The Hall–Kier alpha value is -1.33. The molecule has 23 heavy (non-hydrogen) atoms. The van der Waals surface area contributed by atoms with Crippen LogP contribution in [0.2, 0.25) is 0 Å². The number of benzene rings is 1. The molecule has 4 nitrogen and oxygen atoms in total. The molecule has 2 fully saturated rings. The van der Waals surface area contributed by atoms with E-state index in [1.54, 1.807) is 0 Å². The summed E-state index contributed by atoms with van der Waals surface area (Å²) in [5.41, 5.74) is 1.54. The van der Waals surface area contributed by atoms with Crippen molar-refractivity contribution in [1.29, 1.82) is 0 Å². The number of rotatable bonds is 4. The molecule has 124 valence electrons. The second-order valence-corrected chi connectivity index (χ2v) is 7.46. The topological polar surface area (TPSA) is 44.8 Å². The molecule has 1 aliphatic carbocycles. The summed E-state index contributed by atoms with van der Waals surface area (Å²) < 4.78 is 17.2. The Morgan fingerprint density at radius 1 is 1.17 bits per heavy atom. The Kier molecular flexibility index (Phi) is 4.05. The molecule has 3 rings (SSSR count). The maximum Gasteiger partial charge on any atom is 0.494 e. The molecule has 1 saturated heterocycles. The van der Waals surface area contributed by atoms with Gasteiger partial charge in [0.15, 0.2) is 0 Å². The molecule has 0 unspecified atom stereocenters. The summed E-state index contributed by atoms with van der Waals surface area (Å²) in [6.07, 6.45) is 0.884. The third-order valence-corrected chi connectivity index (χ3v) is 5.27. The number of hydrogen-bond donors (Lipinski definition) is 0. The van der Waals surface area contributed by atoms with E-state index in [4.69, 9.17) is 14.0 Å². The number of ether oxygens (including phenoxy) is 1. The van der Waals surface area contributed by atoms with E-state index < -0.39 is 0 Å². The third-order valence-electron chi connectivity index (χ3n) is 5.27. The van der Waals surface area contributed by atoms with Gasteiger partial charge in [0, 0.05) is 0 Å². The minimum absolute atomic E-state index is 0.0256. The van der Waals surface area contributed by atoms with Gasteiger partial charge in [0.25, 0.3) is 0 Å². The van der Waals surface area contributed by atoms with Crippen molar-refractivity contribution < 1.29 is 18.8 Å². The molecule has 1 saturated carbocycles. The van der Waals surface area contributed by atoms with E-state index in [9.17, 15) is 4.79 Å². The predicted octanol–water partition coefficient (Wildman–Crippen LogP) is 2.65. The monoisotopic (exact) mass is 316 g/mol. The lowest BCUT2D eigenvalue weighted by molar-refractivity contribution is -0.144. The van der Waals surface area contributed by atoms with Gasteiger partial charge in [0.1, 0.15) is 0 Å². The number of esters is 1. The highest BCUT2D eigenvalue weighted by Gasteiger charge is 2.52. The zero-order valence-corrected chi connectivity index (χ0v) is 14.6. The molecule has 1 aliphatic heterocycles. The molecule has 1 aromatic carbocycles. The summed E-state index contributed by atoms with van der Waals surface area (Å²) >= 11 is 0. The van der Waals surface area contributed by atoms with Crippen LogP contribution >= 0.6 is 0 Å². The fraction of sp³-hybridized carbons (Fsp3) is 0.611. The molecule has 0 spiro atoms. The van der Waals surface area contributed by atoms with Crippen molar-refractivity contribution in [2.24, 2.45) is 5.92 Å². The molecular formula is C18H25BO4. The molecule has 0 aromatic heterocycles. The fourth-order valence-electron chi connectivity index (χ4n) is 2.95. The highest BCUT2D eigenvalue weighted by molar-refractivity contribution is 6.62. The molecule has 2 aliphatic rings. The quantitative estimate of drug-likeness (QED) is 0.633. The molecule has 5 heteroatoms. The van der Waals surface area contributed by atoms with Crippen LogP contribution in [0.15, 0.2) is 24.3 Å². The van der Waals surface area contributed by atoms with Crippen LogP contribution < -0.4 is 5.46 Å². The first kappa shape index (κ1) is 16.5. The summed E-state index contributed by atoms with van der Waals surface area (Å²) in [5.74, 6) is 0.242. The Morgan fingerprint density at radius 2 is 1.74 bits per heavy atom. The lowest BCUT2D eigenvalue weighted by Gasteiger charge is -2.32. The van der Waals surface area contributed by atoms with Gasteiger partial charge in [-0.25, -0.2) is 0 Å². The summed E-state index contributed by atoms with van der Waals surface area (Å²) in [7, 11) is -0.339. The van der Waals surface area contributed by atoms with Crippen LogP contribution in [0.4, 0.5) is 0 Å². The molecule has 0 amide bonds. The zero-order chi connectivity index (χ0) is 16.8. The molecule has 0 N–H and O–H groups in total. The van der Waals surface area contributed by atoms with Crippen LogP contribution in [0, 0.1) is 5.92 Å². The van der Waals surface area contributed by atoms with Crippen molar-refractivity contribution in [3.63, 3.8) is 0 Å². The van der Waals surface area contributed by atoms with Gasteiger partial charge in [-0.05, 0) is 58.0 Å². The highest BCUT2D eigenvalue weighted by atomic mass is 16.7. The van der Waals surface area contributed by atoms with Gasteiger partial charge < -0.3 is 14.0 Å². The van der Waals surface area contributed by atoms with Crippen LogP contribution in [0.25, 0.3) is 0 Å². The molecular weight excluding hydrogens is 291 g/mol. The summed E-state index contributed by atoms with van der Waals surface area (Å²) in [6.45, 7) is 10.5. The normalized spacial score (nSPS) is 27.8. The van der Waals surface area contributed by atoms with Crippen LogP contribution in [-0.2, 0) is 18.8 Å². The number of carbonyl (C=O) groups excluding carboxylic acids is 1. The lowest BCUT2D eigenvalue weighted by Crippen LogP contribution is -2.41. The first-order valence-electron chi connectivity index (χ1n) is 8.37. The minimum atomic E-state index is -0.339. The molecule has 1 heterocycles. The van der Waals surface area contributed by atoms with E-state index in [1.165, 1.54) is 5.56 Å². The van der Waals surface area contributed by atoms with Crippen molar-refractivity contribution in [3.8, 4) is 0 Å². The molecule has 0 bridgehead atoms. The Labute approximate surface area is 138 Å². The fourth-order valence-corrected chi connectivity index (χ4v) is 2.95. The summed E-state index contributed by atoms with van der Waals surface area (Å²) in [6, 6.07) is 8.23. The van der Waals surface area contributed by atoms with E-state index in [0.29, 0.717) is 12.5 Å². The van der Waals surface area contributed by atoms with Gasteiger partial charge in [0.2, 0.25) is 0 Å². The van der Waals surface area contributed by atoms with Crippen LogP contribution in [0.3, 0.4) is 0 Å². The second kappa shape index (κ2) is 5.64. The number of hydrogen-bond acceptors (Lipinski definition) is 4. The van der Waals surface area contributed by atoms with Crippen molar-refractivity contribution in [1.82, 2.24) is 0 Å². The van der Waals surface area contributed by atoms with Crippen molar-refractivity contribution in [3.05, 3.63) is 29.8 Å². The smallest absolute Gasteiger partial charge is 0.466 e. The van der Waals surface area contributed by atoms with E-state index in [0.717, 1.165) is 11.9 Å². The van der Waals surface area contributed by atoms with Crippen molar-refractivity contribution in [2.45, 2.75) is 58.2 Å². The Morgan fingerprint density at radius 3 is 2.26 bits per heavy atom. The van der Waals surface area contributed by atoms with E-state index >= 15 is 0 Å². The molecule has 1 aromatic rings. The lowest BCUT2D eigenvalue weighted by atomic mass is 9.78. The van der Waals surface area contributed by atoms with Crippen molar-refractivity contribution in [2.75, 3.05) is 6.61 Å². The van der Waals surface area contributed by atoms with Gasteiger partial charge in [-0.15, -0.1) is 0 Å². The van der Waals surface area contributed by atoms with Gasteiger partial charge in [-0.1, -0.05) is 24.3 Å². The average molecular weight is 316 g/mol. The van der Waals surface area contributed by atoms with E-state index in [-0.39, 0.29) is 30.2 Å². The van der Waals surface area contributed by atoms with Crippen LogP contribution in [0.5, 0.6) is 0 Å². The predicted molar refractivity (Wildman–Crippen MR) is 89.6 cm³/mol. The van der Waals surface area contributed by atoms with Gasteiger partial charge in [-0.2, -0.15) is 0 Å². The van der Waals surface area contributed by atoms with Gasteiger partial charge in [-0.3, -0.25) is 4.79 Å². The van der Waals surface area contributed by atoms with Gasteiger partial charge in [0.05, 0.1) is 23.7 Å². The summed E-state index contributed by atoms with van der Waals surface area (Å²) in [4.78, 5) is 11.7. The highest BCUT2D eigenvalue weighted by Crippen LogP contribution is 2.48. The van der Waals surface area contributed by atoms with E-state index in [2.05, 4.69) is 39.8 Å².